The van der Waals surface area contributed by atoms with Crippen molar-refractivity contribution >= 4 is 17.5 Å². The lowest BCUT2D eigenvalue weighted by Crippen LogP contribution is -2.48. The van der Waals surface area contributed by atoms with Crippen molar-refractivity contribution in [2.45, 2.75) is 44.2 Å². The molecule has 0 radical (unpaired) electrons. The molecule has 3 N–H and O–H groups in total. The van der Waals surface area contributed by atoms with Gasteiger partial charge in [-0.1, -0.05) is 12.1 Å². The van der Waals surface area contributed by atoms with Crippen LogP contribution in [0.3, 0.4) is 0 Å². The van der Waals surface area contributed by atoms with Crippen molar-refractivity contribution in [1.29, 1.82) is 5.26 Å². The second kappa shape index (κ2) is 7.97. The first-order valence-corrected chi connectivity index (χ1v) is 9.45. The molecule has 0 bridgehead atoms. The summed E-state index contributed by atoms with van der Waals surface area (Å²) in [6.45, 7) is 2.68. The number of carbonyl (C=O) groups excluding carboxylic acids is 2. The van der Waals surface area contributed by atoms with E-state index < -0.39 is 11.6 Å². The van der Waals surface area contributed by atoms with Crippen LogP contribution < -0.4 is 10.6 Å². The molecule has 1 aromatic carbocycles. The number of piperidine rings is 1. The van der Waals surface area contributed by atoms with Crippen LogP contribution in [0.5, 0.6) is 0 Å². The number of nitrogens with one attached hydrogen (secondary N) is 2. The summed E-state index contributed by atoms with van der Waals surface area (Å²) in [6.07, 6.45) is 2.91. The van der Waals surface area contributed by atoms with Crippen LogP contribution in [-0.4, -0.2) is 53.1 Å². The highest BCUT2D eigenvalue weighted by Gasteiger charge is 2.42. The van der Waals surface area contributed by atoms with Crippen LogP contribution in [0.2, 0.25) is 0 Å². The Bertz CT molecular complexity index is 756. The zero-order chi connectivity index (χ0) is 19.4. The van der Waals surface area contributed by atoms with Crippen LogP contribution >= 0.6 is 0 Å². The molecule has 1 aromatic rings. The van der Waals surface area contributed by atoms with Gasteiger partial charge in [0.2, 0.25) is 5.91 Å². The van der Waals surface area contributed by atoms with E-state index in [0.717, 1.165) is 19.3 Å². The minimum absolute atomic E-state index is 0.0170. The average molecular weight is 370 g/mol. The summed E-state index contributed by atoms with van der Waals surface area (Å²) in [5.74, 6) is -0.218. The lowest BCUT2D eigenvalue weighted by Gasteiger charge is -2.30. The topological polar surface area (TPSA) is 105 Å². The summed E-state index contributed by atoms with van der Waals surface area (Å²) < 4.78 is 0. The molecule has 2 aliphatic rings. The average Bonchev–Trinajstić information content (AvgIpc) is 3.52. The molecule has 2 amide bonds. The van der Waals surface area contributed by atoms with Gasteiger partial charge in [0, 0.05) is 18.8 Å². The van der Waals surface area contributed by atoms with E-state index >= 15 is 0 Å². The number of hydrogen-bond acceptors (Lipinski definition) is 5. The molecule has 144 valence electrons. The maximum Gasteiger partial charge on any atom is 0.256 e. The first-order valence-electron chi connectivity index (χ1n) is 9.45. The molecule has 7 nitrogen and oxygen atoms in total. The third-order valence-electron chi connectivity index (χ3n) is 5.31. The van der Waals surface area contributed by atoms with Crippen LogP contribution in [0.4, 0.5) is 5.69 Å². The second-order valence-electron chi connectivity index (χ2n) is 7.58. The second-order valence-corrected chi connectivity index (χ2v) is 7.58. The smallest absolute Gasteiger partial charge is 0.256 e. The molecule has 1 saturated heterocycles. The van der Waals surface area contributed by atoms with Gasteiger partial charge in [0.1, 0.15) is 5.54 Å². The molecule has 7 heteroatoms. The first-order chi connectivity index (χ1) is 12.9. The van der Waals surface area contributed by atoms with Crippen molar-refractivity contribution in [3.05, 3.63) is 29.8 Å². The summed E-state index contributed by atoms with van der Waals surface area (Å²) in [5.41, 5.74) is 0.213. The van der Waals surface area contributed by atoms with Crippen molar-refractivity contribution < 1.29 is 14.7 Å². The summed E-state index contributed by atoms with van der Waals surface area (Å²) in [4.78, 5) is 26.8. The normalized spacial score (nSPS) is 21.7. The van der Waals surface area contributed by atoms with Crippen LogP contribution in [0.15, 0.2) is 24.3 Å². The van der Waals surface area contributed by atoms with Gasteiger partial charge >= 0.3 is 0 Å². The monoisotopic (exact) mass is 370 g/mol. The molecule has 0 spiro atoms. The standard InChI is InChI=1S/C20H26N4O3/c1-20(13-21,14-8-9-14)23-18(26)11-22-17-7-3-2-6-16(17)19(27)24-10-4-5-15(25)12-24/h2-3,6-7,14-15,22,25H,4-5,8-12H2,1H3,(H,23,26)/t15-,20+/m1/s1. The number of benzene rings is 1. The summed E-state index contributed by atoms with van der Waals surface area (Å²) in [6, 6.07) is 9.25. The third kappa shape index (κ3) is 4.58. The van der Waals surface area contributed by atoms with Crippen LogP contribution in [0.25, 0.3) is 0 Å². The van der Waals surface area contributed by atoms with E-state index in [1.165, 1.54) is 0 Å². The number of nitrogens with zero attached hydrogens (tertiary/aromatic N) is 2. The molecular formula is C20H26N4O3. The Labute approximate surface area is 159 Å². The Morgan fingerprint density at radius 2 is 2.07 bits per heavy atom. The number of anilines is 1. The molecule has 2 atom stereocenters. The number of para-hydroxylation sites is 1. The van der Waals surface area contributed by atoms with Gasteiger partial charge in [-0.3, -0.25) is 9.59 Å². The lowest BCUT2D eigenvalue weighted by molar-refractivity contribution is -0.120. The third-order valence-corrected chi connectivity index (χ3v) is 5.31. The number of aliphatic hydroxyl groups is 1. The Hall–Kier alpha value is -2.59. The number of rotatable bonds is 6. The number of carbonyl (C=O) groups is 2. The van der Waals surface area contributed by atoms with Crippen molar-refractivity contribution in [2.75, 3.05) is 25.0 Å². The Balaban J connectivity index is 1.63. The number of hydrogen-bond donors (Lipinski definition) is 3. The van der Waals surface area contributed by atoms with Gasteiger partial charge in [0.15, 0.2) is 0 Å². The van der Waals surface area contributed by atoms with Gasteiger partial charge in [0.25, 0.3) is 5.91 Å². The predicted molar refractivity (Wildman–Crippen MR) is 101 cm³/mol. The molecule has 0 aromatic heterocycles. The molecule has 3 rings (SSSR count). The highest BCUT2D eigenvalue weighted by atomic mass is 16.3. The van der Waals surface area contributed by atoms with E-state index in [4.69, 9.17) is 0 Å². The number of β-amino-alcohol motifs (C(OH)–C–C–N with tert-alkyl or cyclic N) is 1. The Morgan fingerprint density at radius 3 is 2.74 bits per heavy atom. The minimum Gasteiger partial charge on any atom is -0.391 e. The summed E-state index contributed by atoms with van der Waals surface area (Å²) >= 11 is 0. The zero-order valence-electron chi connectivity index (χ0n) is 15.6. The van der Waals surface area contributed by atoms with Crippen molar-refractivity contribution in [1.82, 2.24) is 10.2 Å². The van der Waals surface area contributed by atoms with Gasteiger partial charge in [-0.2, -0.15) is 5.26 Å². The van der Waals surface area contributed by atoms with Crippen LogP contribution in [0.1, 0.15) is 43.0 Å². The van der Waals surface area contributed by atoms with Crippen LogP contribution in [0, 0.1) is 17.2 Å². The maximum atomic E-state index is 12.8. The maximum absolute atomic E-state index is 12.8. The fourth-order valence-corrected chi connectivity index (χ4v) is 3.52. The molecule has 1 saturated carbocycles. The quantitative estimate of drug-likeness (QED) is 0.704. The number of likely N-dealkylation sites (tertiary alicyclic amines) is 1. The summed E-state index contributed by atoms with van der Waals surface area (Å²) in [7, 11) is 0. The summed E-state index contributed by atoms with van der Waals surface area (Å²) in [5, 5.41) is 25.0. The largest absolute Gasteiger partial charge is 0.391 e. The van der Waals surface area contributed by atoms with E-state index in [1.807, 2.05) is 0 Å². The van der Waals surface area contributed by atoms with E-state index in [-0.39, 0.29) is 24.3 Å². The van der Waals surface area contributed by atoms with Gasteiger partial charge in [-0.25, -0.2) is 0 Å². The predicted octanol–water partition coefficient (Wildman–Crippen LogP) is 1.50. The molecule has 1 aliphatic heterocycles. The molecule has 1 aliphatic carbocycles. The van der Waals surface area contributed by atoms with Crippen LogP contribution in [-0.2, 0) is 4.79 Å². The molecule has 27 heavy (non-hydrogen) atoms. The van der Waals surface area contributed by atoms with Gasteiger partial charge in [-0.15, -0.1) is 0 Å². The van der Waals surface area contributed by atoms with Crippen molar-refractivity contribution in [2.24, 2.45) is 5.92 Å². The molecule has 2 fully saturated rings. The number of aliphatic hydroxyl groups excluding tert-OH is 1. The minimum atomic E-state index is -0.835. The van der Waals surface area contributed by atoms with Crippen molar-refractivity contribution in [3.8, 4) is 6.07 Å². The Kier molecular flexibility index (Phi) is 5.66. The Morgan fingerprint density at radius 1 is 1.33 bits per heavy atom. The van der Waals surface area contributed by atoms with Gasteiger partial charge in [0.05, 0.1) is 24.3 Å². The van der Waals surface area contributed by atoms with E-state index in [9.17, 15) is 20.0 Å². The molecule has 1 heterocycles. The van der Waals surface area contributed by atoms with E-state index in [0.29, 0.717) is 30.8 Å². The van der Waals surface area contributed by atoms with E-state index in [1.54, 1.807) is 36.1 Å². The molecule has 0 unspecified atom stereocenters. The SMILES string of the molecule is C[C@@](C#N)(NC(=O)CNc1ccccc1C(=O)N1CCC[C@@H](O)C1)C1CC1. The van der Waals surface area contributed by atoms with Gasteiger partial charge in [-0.05, 0) is 50.7 Å². The number of nitriles is 1. The number of amides is 2. The lowest BCUT2D eigenvalue weighted by atomic mass is 9.98. The highest BCUT2D eigenvalue weighted by Crippen LogP contribution is 2.39. The van der Waals surface area contributed by atoms with Gasteiger partial charge < -0.3 is 20.6 Å². The fourth-order valence-electron chi connectivity index (χ4n) is 3.52. The highest BCUT2D eigenvalue weighted by molar-refractivity contribution is 6.00. The molecular weight excluding hydrogens is 344 g/mol. The zero-order valence-corrected chi connectivity index (χ0v) is 15.6. The van der Waals surface area contributed by atoms with Crippen molar-refractivity contribution in [3.63, 3.8) is 0 Å². The van der Waals surface area contributed by atoms with E-state index in [2.05, 4.69) is 16.7 Å². The fraction of sp³-hybridized carbons (Fsp3) is 0.550. The first kappa shape index (κ1) is 19.2.